The van der Waals surface area contributed by atoms with Gasteiger partial charge < -0.3 is 5.32 Å². The molecule has 1 N–H and O–H groups in total. The molecule has 0 fully saturated rings. The van der Waals surface area contributed by atoms with Gasteiger partial charge in [-0.2, -0.15) is 18.3 Å². The van der Waals surface area contributed by atoms with Crippen molar-refractivity contribution >= 4 is 29.0 Å². The minimum absolute atomic E-state index is 0.0474. The Hall–Kier alpha value is -3.32. The van der Waals surface area contributed by atoms with Crippen LogP contribution in [0.15, 0.2) is 84.0 Å². The van der Waals surface area contributed by atoms with Crippen molar-refractivity contribution in [3.63, 3.8) is 0 Å². The molecule has 0 aliphatic carbocycles. The summed E-state index contributed by atoms with van der Waals surface area (Å²) in [5, 5.41) is 8.81. The van der Waals surface area contributed by atoms with E-state index in [-0.39, 0.29) is 18.2 Å². The third-order valence-corrected chi connectivity index (χ3v) is 5.18. The number of hydrazone groups is 1. The predicted octanol–water partition coefficient (Wildman–Crippen LogP) is 6.39. The van der Waals surface area contributed by atoms with Crippen LogP contribution in [0, 0.1) is 0 Å². The molecular formula is C23H17ClF3N3O. The quantitative estimate of drug-likeness (QED) is 0.500. The number of rotatable bonds is 3. The third-order valence-electron chi connectivity index (χ3n) is 4.93. The molecule has 1 aliphatic rings. The van der Waals surface area contributed by atoms with Crippen LogP contribution in [0.5, 0.6) is 0 Å². The number of halogens is 4. The summed E-state index contributed by atoms with van der Waals surface area (Å²) in [7, 11) is 0. The number of benzene rings is 3. The highest BCUT2D eigenvalue weighted by Gasteiger charge is 2.33. The summed E-state index contributed by atoms with van der Waals surface area (Å²) in [5.41, 5.74) is 1.69. The van der Waals surface area contributed by atoms with Gasteiger partial charge >= 0.3 is 12.2 Å². The minimum Gasteiger partial charge on any atom is -0.306 e. The lowest BCUT2D eigenvalue weighted by atomic mass is 9.91. The Labute approximate surface area is 182 Å². The second-order valence-corrected chi connectivity index (χ2v) is 7.48. The maximum atomic E-state index is 13.0. The van der Waals surface area contributed by atoms with E-state index in [1.165, 1.54) is 17.1 Å². The molecular weight excluding hydrogens is 427 g/mol. The second-order valence-electron chi connectivity index (χ2n) is 7.05. The standard InChI is InChI=1S/C23H17ClF3N3O/c24-18-11-9-16(10-12-18)21-20(15-5-2-1-3-6-15)14-30(29-21)22(31)28-19-8-4-7-17(13-19)23(25,26)27/h1-13,20H,14H2,(H,28,31). The summed E-state index contributed by atoms with van der Waals surface area (Å²) in [6, 6.07) is 20.6. The summed E-state index contributed by atoms with van der Waals surface area (Å²) in [6.45, 7) is 0.257. The molecule has 1 heterocycles. The van der Waals surface area contributed by atoms with Gasteiger partial charge in [0, 0.05) is 16.6 Å². The number of anilines is 1. The molecule has 1 unspecified atom stereocenters. The average Bonchev–Trinajstić information content (AvgIpc) is 3.20. The van der Waals surface area contributed by atoms with Gasteiger partial charge in [0.25, 0.3) is 0 Å². The van der Waals surface area contributed by atoms with Crippen molar-refractivity contribution < 1.29 is 18.0 Å². The number of alkyl halides is 3. The molecule has 158 valence electrons. The number of hydrogen-bond acceptors (Lipinski definition) is 2. The van der Waals surface area contributed by atoms with E-state index in [9.17, 15) is 18.0 Å². The van der Waals surface area contributed by atoms with Gasteiger partial charge in [-0.3, -0.25) is 0 Å². The van der Waals surface area contributed by atoms with Crippen molar-refractivity contribution in [1.29, 1.82) is 0 Å². The molecule has 2 amide bonds. The van der Waals surface area contributed by atoms with Crippen molar-refractivity contribution in [2.75, 3.05) is 11.9 Å². The highest BCUT2D eigenvalue weighted by Crippen LogP contribution is 2.32. The average molecular weight is 444 g/mol. The number of nitrogens with zero attached hydrogens (tertiary/aromatic N) is 2. The van der Waals surface area contributed by atoms with Gasteiger partial charge in [0.15, 0.2) is 0 Å². The SMILES string of the molecule is O=C(Nc1cccc(C(F)(F)F)c1)N1CC(c2ccccc2)C(c2ccc(Cl)cc2)=N1. The molecule has 3 aromatic rings. The second kappa shape index (κ2) is 8.43. The summed E-state index contributed by atoms with van der Waals surface area (Å²) in [5.74, 6) is -0.186. The molecule has 0 spiro atoms. The van der Waals surface area contributed by atoms with Gasteiger partial charge in [0.05, 0.1) is 17.8 Å². The molecule has 1 atom stereocenters. The lowest BCUT2D eigenvalue weighted by molar-refractivity contribution is -0.137. The van der Waals surface area contributed by atoms with E-state index < -0.39 is 17.8 Å². The first-order chi connectivity index (χ1) is 14.8. The van der Waals surface area contributed by atoms with Gasteiger partial charge in [-0.1, -0.05) is 60.1 Å². The normalized spacial score (nSPS) is 16.2. The topological polar surface area (TPSA) is 44.7 Å². The van der Waals surface area contributed by atoms with Crippen LogP contribution in [-0.4, -0.2) is 23.3 Å². The molecule has 0 aromatic heterocycles. The number of hydrogen-bond donors (Lipinski definition) is 1. The maximum Gasteiger partial charge on any atom is 0.416 e. The van der Waals surface area contributed by atoms with Crippen LogP contribution in [-0.2, 0) is 6.18 Å². The van der Waals surface area contributed by atoms with Crippen LogP contribution in [0.1, 0.15) is 22.6 Å². The lowest BCUT2D eigenvalue weighted by Crippen LogP contribution is -2.30. The predicted molar refractivity (Wildman–Crippen MR) is 114 cm³/mol. The van der Waals surface area contributed by atoms with Crippen LogP contribution >= 0.6 is 11.6 Å². The zero-order valence-corrected chi connectivity index (χ0v) is 16.9. The largest absolute Gasteiger partial charge is 0.416 e. The minimum atomic E-state index is -4.49. The van der Waals surface area contributed by atoms with Crippen LogP contribution < -0.4 is 5.32 Å². The van der Waals surface area contributed by atoms with Crippen LogP contribution in [0.3, 0.4) is 0 Å². The molecule has 1 aliphatic heterocycles. The van der Waals surface area contributed by atoms with Crippen molar-refractivity contribution in [2.45, 2.75) is 12.1 Å². The van der Waals surface area contributed by atoms with Crippen LogP contribution in [0.2, 0.25) is 5.02 Å². The number of carbonyl (C=O) groups excluding carboxylic acids is 1. The monoisotopic (exact) mass is 443 g/mol. The Bertz CT molecular complexity index is 1110. The Morgan fingerprint density at radius 2 is 1.71 bits per heavy atom. The van der Waals surface area contributed by atoms with Gasteiger partial charge in [-0.15, -0.1) is 0 Å². The van der Waals surface area contributed by atoms with Crippen LogP contribution in [0.4, 0.5) is 23.7 Å². The highest BCUT2D eigenvalue weighted by atomic mass is 35.5. The summed E-state index contributed by atoms with van der Waals surface area (Å²) in [6.07, 6.45) is -4.49. The molecule has 0 radical (unpaired) electrons. The molecule has 31 heavy (non-hydrogen) atoms. The van der Waals surface area contributed by atoms with Gasteiger partial charge in [-0.05, 0) is 41.5 Å². The molecule has 0 bridgehead atoms. The van der Waals surface area contributed by atoms with Crippen LogP contribution in [0.25, 0.3) is 0 Å². The van der Waals surface area contributed by atoms with E-state index in [2.05, 4.69) is 10.4 Å². The van der Waals surface area contributed by atoms with Crippen molar-refractivity contribution in [2.24, 2.45) is 5.10 Å². The maximum absolute atomic E-state index is 13.0. The Morgan fingerprint density at radius 3 is 2.39 bits per heavy atom. The first-order valence-electron chi connectivity index (χ1n) is 9.46. The van der Waals surface area contributed by atoms with E-state index >= 15 is 0 Å². The Kier molecular flexibility index (Phi) is 5.69. The Morgan fingerprint density at radius 1 is 1.00 bits per heavy atom. The van der Waals surface area contributed by atoms with Gasteiger partial charge in [0.1, 0.15) is 0 Å². The zero-order chi connectivity index (χ0) is 22.0. The highest BCUT2D eigenvalue weighted by molar-refractivity contribution is 6.30. The molecule has 4 rings (SSSR count). The molecule has 3 aromatic carbocycles. The summed E-state index contributed by atoms with van der Waals surface area (Å²) < 4.78 is 38.9. The summed E-state index contributed by atoms with van der Waals surface area (Å²) >= 11 is 5.99. The first kappa shape index (κ1) is 20.9. The molecule has 0 saturated carbocycles. The molecule has 0 saturated heterocycles. The molecule has 4 nitrogen and oxygen atoms in total. The third kappa shape index (κ3) is 4.72. The van der Waals surface area contributed by atoms with E-state index in [4.69, 9.17) is 11.6 Å². The van der Waals surface area contributed by atoms with E-state index in [0.717, 1.165) is 23.3 Å². The van der Waals surface area contributed by atoms with E-state index in [1.807, 2.05) is 42.5 Å². The summed E-state index contributed by atoms with van der Waals surface area (Å²) in [4.78, 5) is 12.8. The Balaban J connectivity index is 1.61. The lowest BCUT2D eigenvalue weighted by Gasteiger charge is -2.16. The fraction of sp³-hybridized carbons (Fsp3) is 0.130. The number of urea groups is 1. The van der Waals surface area contributed by atoms with Gasteiger partial charge in [0.2, 0.25) is 0 Å². The van der Waals surface area contributed by atoms with Crippen molar-refractivity contribution in [3.05, 3.63) is 101 Å². The van der Waals surface area contributed by atoms with E-state index in [0.29, 0.717) is 10.7 Å². The first-order valence-corrected chi connectivity index (χ1v) is 9.84. The van der Waals surface area contributed by atoms with E-state index in [1.54, 1.807) is 12.1 Å². The fourth-order valence-electron chi connectivity index (χ4n) is 3.42. The van der Waals surface area contributed by atoms with Crippen molar-refractivity contribution in [1.82, 2.24) is 5.01 Å². The zero-order valence-electron chi connectivity index (χ0n) is 16.1. The smallest absolute Gasteiger partial charge is 0.306 e. The molecule has 8 heteroatoms. The fourth-order valence-corrected chi connectivity index (χ4v) is 3.54. The van der Waals surface area contributed by atoms with Crippen molar-refractivity contribution in [3.8, 4) is 0 Å². The number of amides is 2. The van der Waals surface area contributed by atoms with Gasteiger partial charge in [-0.25, -0.2) is 9.80 Å². The number of nitrogens with one attached hydrogen (secondary N) is 1. The number of carbonyl (C=O) groups is 1.